The lowest BCUT2D eigenvalue weighted by atomic mass is 10.2. The fourth-order valence-corrected chi connectivity index (χ4v) is 3.18. The van der Waals surface area contributed by atoms with Crippen LogP contribution in [-0.4, -0.2) is 47.2 Å². The van der Waals surface area contributed by atoms with Gasteiger partial charge in [-0.15, -0.1) is 11.8 Å². The Morgan fingerprint density at radius 2 is 1.90 bits per heavy atom. The molecular formula is C15H23N3OS. The van der Waals surface area contributed by atoms with Gasteiger partial charge in [0.1, 0.15) is 5.82 Å². The maximum Gasteiger partial charge on any atom is 0.209 e. The number of aromatic nitrogens is 1. The molecule has 4 nitrogen and oxygen atoms in total. The summed E-state index contributed by atoms with van der Waals surface area (Å²) in [6.07, 6.45) is 2.91. The molecule has 0 N–H and O–H groups in total. The Morgan fingerprint density at radius 3 is 2.40 bits per heavy atom. The molecule has 0 saturated carbocycles. The second-order valence-electron chi connectivity index (χ2n) is 6.15. The van der Waals surface area contributed by atoms with Crippen LogP contribution in [0.15, 0.2) is 17.2 Å². The highest BCUT2D eigenvalue weighted by atomic mass is 32.2. The molecule has 1 aromatic heterocycles. The third kappa shape index (κ3) is 3.88. The van der Waals surface area contributed by atoms with E-state index in [0.717, 1.165) is 38.4 Å². The highest BCUT2D eigenvalue weighted by molar-refractivity contribution is 8.00. The first kappa shape index (κ1) is 15.2. The molecule has 0 spiro atoms. The molecule has 1 amide bonds. The molecular weight excluding hydrogens is 270 g/mol. The second-order valence-corrected chi connectivity index (χ2v) is 8.02. The molecule has 0 bridgehead atoms. The SMILES string of the molecule is Cc1cc(N2CCN(C=O)CC2)ncc1SC(C)(C)C. The predicted octanol–water partition coefficient (Wildman–Crippen LogP) is 2.56. The van der Waals surface area contributed by atoms with Gasteiger partial charge in [0.15, 0.2) is 0 Å². The van der Waals surface area contributed by atoms with E-state index >= 15 is 0 Å². The number of nitrogens with zero attached hydrogens (tertiary/aromatic N) is 3. The normalized spacial score (nSPS) is 16.4. The van der Waals surface area contributed by atoms with Crippen LogP contribution in [0.4, 0.5) is 5.82 Å². The molecule has 0 unspecified atom stereocenters. The maximum absolute atomic E-state index is 10.7. The molecule has 0 radical (unpaired) electrons. The van der Waals surface area contributed by atoms with Gasteiger partial charge in [-0.3, -0.25) is 4.79 Å². The zero-order chi connectivity index (χ0) is 14.8. The van der Waals surface area contributed by atoms with Crippen LogP contribution in [0, 0.1) is 6.92 Å². The number of piperazine rings is 1. The van der Waals surface area contributed by atoms with Gasteiger partial charge in [0.25, 0.3) is 0 Å². The second kappa shape index (κ2) is 6.04. The fraction of sp³-hybridized carbons (Fsp3) is 0.600. The third-order valence-electron chi connectivity index (χ3n) is 3.25. The predicted molar refractivity (Wildman–Crippen MR) is 84.4 cm³/mol. The molecule has 110 valence electrons. The largest absolute Gasteiger partial charge is 0.353 e. The zero-order valence-electron chi connectivity index (χ0n) is 12.7. The van der Waals surface area contributed by atoms with Crippen LogP contribution in [-0.2, 0) is 4.79 Å². The Hall–Kier alpha value is -1.23. The molecule has 20 heavy (non-hydrogen) atoms. The Bertz CT molecular complexity index is 476. The number of carbonyl (C=O) groups is 1. The van der Waals surface area contributed by atoms with E-state index in [1.54, 1.807) is 0 Å². The van der Waals surface area contributed by atoms with E-state index in [1.165, 1.54) is 10.5 Å². The van der Waals surface area contributed by atoms with Crippen molar-refractivity contribution >= 4 is 24.0 Å². The van der Waals surface area contributed by atoms with E-state index < -0.39 is 0 Å². The topological polar surface area (TPSA) is 36.4 Å². The van der Waals surface area contributed by atoms with Gasteiger partial charge in [-0.25, -0.2) is 4.98 Å². The number of anilines is 1. The minimum atomic E-state index is 0.198. The molecule has 1 aliphatic rings. The summed E-state index contributed by atoms with van der Waals surface area (Å²) in [5.74, 6) is 1.02. The van der Waals surface area contributed by atoms with Crippen molar-refractivity contribution < 1.29 is 4.79 Å². The molecule has 0 aliphatic carbocycles. The van der Waals surface area contributed by atoms with Crippen LogP contribution < -0.4 is 4.90 Å². The van der Waals surface area contributed by atoms with E-state index in [1.807, 2.05) is 22.9 Å². The number of hydrogen-bond acceptors (Lipinski definition) is 4. The van der Waals surface area contributed by atoms with Crippen molar-refractivity contribution in [2.24, 2.45) is 0 Å². The van der Waals surface area contributed by atoms with Crippen LogP contribution in [0.1, 0.15) is 26.3 Å². The molecule has 1 saturated heterocycles. The maximum atomic E-state index is 10.7. The summed E-state index contributed by atoms with van der Waals surface area (Å²) < 4.78 is 0.198. The average Bonchev–Trinajstić information content (AvgIpc) is 2.40. The van der Waals surface area contributed by atoms with Crippen molar-refractivity contribution in [3.63, 3.8) is 0 Å². The standard InChI is InChI=1S/C15H23N3OS/c1-12-9-14(16-10-13(12)20-15(2,3)4)18-7-5-17(11-19)6-8-18/h9-11H,5-8H2,1-4H3. The monoisotopic (exact) mass is 293 g/mol. The highest BCUT2D eigenvalue weighted by Gasteiger charge is 2.18. The van der Waals surface area contributed by atoms with Crippen molar-refractivity contribution in [3.8, 4) is 0 Å². The van der Waals surface area contributed by atoms with Crippen LogP contribution >= 0.6 is 11.8 Å². The summed E-state index contributed by atoms with van der Waals surface area (Å²) in [6.45, 7) is 12.1. The summed E-state index contributed by atoms with van der Waals surface area (Å²) >= 11 is 1.85. The quantitative estimate of drug-likeness (QED) is 0.634. The van der Waals surface area contributed by atoms with E-state index in [2.05, 4.69) is 43.6 Å². The van der Waals surface area contributed by atoms with Crippen molar-refractivity contribution in [1.29, 1.82) is 0 Å². The summed E-state index contributed by atoms with van der Waals surface area (Å²) in [7, 11) is 0. The fourth-order valence-electron chi connectivity index (χ4n) is 2.19. The summed E-state index contributed by atoms with van der Waals surface area (Å²) in [4.78, 5) is 20.6. The molecule has 5 heteroatoms. The number of amides is 1. The Kier molecular flexibility index (Phi) is 4.58. The van der Waals surface area contributed by atoms with E-state index in [-0.39, 0.29) is 4.75 Å². The van der Waals surface area contributed by atoms with E-state index in [9.17, 15) is 4.79 Å². The number of carbonyl (C=O) groups excluding carboxylic acids is 1. The van der Waals surface area contributed by atoms with Gasteiger partial charge in [0.2, 0.25) is 6.41 Å². The minimum absolute atomic E-state index is 0.198. The molecule has 1 fully saturated rings. The first-order valence-electron chi connectivity index (χ1n) is 6.99. The number of aryl methyl sites for hydroxylation is 1. The van der Waals surface area contributed by atoms with Crippen LogP contribution in [0.25, 0.3) is 0 Å². The number of rotatable bonds is 3. The third-order valence-corrected chi connectivity index (χ3v) is 4.51. The van der Waals surface area contributed by atoms with Crippen LogP contribution in [0.5, 0.6) is 0 Å². The smallest absolute Gasteiger partial charge is 0.209 e. The van der Waals surface area contributed by atoms with Gasteiger partial charge in [-0.2, -0.15) is 0 Å². The van der Waals surface area contributed by atoms with Gasteiger partial charge in [0, 0.05) is 42.0 Å². The lowest BCUT2D eigenvalue weighted by Gasteiger charge is -2.33. The van der Waals surface area contributed by atoms with Crippen LogP contribution in [0.2, 0.25) is 0 Å². The highest BCUT2D eigenvalue weighted by Crippen LogP contribution is 2.34. The molecule has 2 rings (SSSR count). The van der Waals surface area contributed by atoms with Crippen LogP contribution in [0.3, 0.4) is 0 Å². The summed E-state index contributed by atoms with van der Waals surface area (Å²) in [6, 6.07) is 2.16. The van der Waals surface area contributed by atoms with Gasteiger partial charge < -0.3 is 9.80 Å². The molecule has 2 heterocycles. The first-order valence-corrected chi connectivity index (χ1v) is 7.80. The summed E-state index contributed by atoms with van der Waals surface area (Å²) in [5, 5.41) is 0. The van der Waals surface area contributed by atoms with Gasteiger partial charge in [-0.1, -0.05) is 20.8 Å². The minimum Gasteiger partial charge on any atom is -0.353 e. The average molecular weight is 293 g/mol. The number of thioether (sulfide) groups is 1. The van der Waals surface area contributed by atoms with Gasteiger partial charge >= 0.3 is 0 Å². The molecule has 1 aliphatic heterocycles. The van der Waals surface area contributed by atoms with E-state index in [0.29, 0.717) is 0 Å². The van der Waals surface area contributed by atoms with Crippen molar-refractivity contribution in [1.82, 2.24) is 9.88 Å². The number of hydrogen-bond donors (Lipinski definition) is 0. The Labute approximate surface area is 125 Å². The molecule has 0 atom stereocenters. The van der Waals surface area contributed by atoms with Crippen molar-refractivity contribution in [3.05, 3.63) is 17.8 Å². The summed E-state index contributed by atoms with van der Waals surface area (Å²) in [5.41, 5.74) is 1.27. The lowest BCUT2D eigenvalue weighted by molar-refractivity contribution is -0.118. The Balaban J connectivity index is 2.07. The van der Waals surface area contributed by atoms with Gasteiger partial charge in [-0.05, 0) is 18.6 Å². The van der Waals surface area contributed by atoms with Crippen molar-refractivity contribution in [2.75, 3.05) is 31.1 Å². The Morgan fingerprint density at radius 1 is 1.25 bits per heavy atom. The first-order chi connectivity index (χ1) is 9.39. The lowest BCUT2D eigenvalue weighted by Crippen LogP contribution is -2.46. The van der Waals surface area contributed by atoms with Crippen molar-refractivity contribution in [2.45, 2.75) is 37.3 Å². The number of pyridine rings is 1. The zero-order valence-corrected chi connectivity index (χ0v) is 13.5. The molecule has 1 aromatic rings. The van der Waals surface area contributed by atoms with E-state index in [4.69, 9.17) is 0 Å². The van der Waals surface area contributed by atoms with Gasteiger partial charge in [0.05, 0.1) is 0 Å². The molecule has 0 aromatic carbocycles.